The second-order valence-corrected chi connectivity index (χ2v) is 7.54. The van der Waals surface area contributed by atoms with Crippen LogP contribution in [-0.4, -0.2) is 30.5 Å². The maximum Gasteiger partial charge on any atom is 0.223 e. The van der Waals surface area contributed by atoms with Crippen molar-refractivity contribution in [3.63, 3.8) is 0 Å². The lowest BCUT2D eigenvalue weighted by atomic mass is 10.0. The minimum absolute atomic E-state index is 0.173. The Morgan fingerprint density at radius 3 is 2.85 bits per heavy atom. The van der Waals surface area contributed by atoms with Gasteiger partial charge in [0.05, 0.1) is 11.6 Å². The van der Waals surface area contributed by atoms with Crippen LogP contribution >= 0.6 is 15.9 Å². The van der Waals surface area contributed by atoms with Crippen LogP contribution in [0.5, 0.6) is 5.75 Å². The highest BCUT2D eigenvalue weighted by atomic mass is 79.9. The third kappa shape index (κ3) is 4.64. The molecule has 1 unspecified atom stereocenters. The van der Waals surface area contributed by atoms with Gasteiger partial charge in [-0.15, -0.1) is 0 Å². The largest absolute Gasteiger partial charge is 0.496 e. The molecule has 3 rings (SSSR count). The zero-order valence-electron chi connectivity index (χ0n) is 14.9. The van der Waals surface area contributed by atoms with Crippen LogP contribution in [0.2, 0.25) is 0 Å². The van der Waals surface area contributed by atoms with Crippen molar-refractivity contribution in [1.29, 1.82) is 0 Å². The SMILES string of the molecule is COc1ccc(CCC(=O)N2CCCC2Cc2cccc(F)c2)cc1Br. The van der Waals surface area contributed by atoms with E-state index in [2.05, 4.69) is 15.9 Å². The van der Waals surface area contributed by atoms with Gasteiger partial charge in [-0.1, -0.05) is 18.2 Å². The van der Waals surface area contributed by atoms with E-state index >= 15 is 0 Å². The quantitative estimate of drug-likeness (QED) is 0.674. The average molecular weight is 420 g/mol. The molecular formula is C21H23BrFNO2. The Hall–Kier alpha value is -1.88. The lowest BCUT2D eigenvalue weighted by Crippen LogP contribution is -2.36. The maximum absolute atomic E-state index is 13.4. The van der Waals surface area contributed by atoms with Crippen molar-refractivity contribution in [2.75, 3.05) is 13.7 Å². The molecule has 0 N–H and O–H groups in total. The van der Waals surface area contributed by atoms with Gasteiger partial charge in [0.1, 0.15) is 11.6 Å². The Morgan fingerprint density at radius 1 is 1.27 bits per heavy atom. The minimum Gasteiger partial charge on any atom is -0.496 e. The smallest absolute Gasteiger partial charge is 0.223 e. The lowest BCUT2D eigenvalue weighted by Gasteiger charge is -2.25. The van der Waals surface area contributed by atoms with Crippen LogP contribution in [0.3, 0.4) is 0 Å². The molecule has 1 amide bonds. The van der Waals surface area contributed by atoms with Crippen molar-refractivity contribution in [3.05, 3.63) is 63.9 Å². The molecule has 1 heterocycles. The van der Waals surface area contributed by atoms with Gasteiger partial charge in [-0.25, -0.2) is 4.39 Å². The molecule has 0 saturated carbocycles. The molecule has 26 heavy (non-hydrogen) atoms. The number of methoxy groups -OCH3 is 1. The monoisotopic (exact) mass is 419 g/mol. The van der Waals surface area contributed by atoms with Gasteiger partial charge in [0.2, 0.25) is 5.91 Å². The van der Waals surface area contributed by atoms with Crippen LogP contribution in [0.25, 0.3) is 0 Å². The molecule has 1 saturated heterocycles. The molecule has 5 heteroatoms. The van der Waals surface area contributed by atoms with Crippen molar-refractivity contribution < 1.29 is 13.9 Å². The second-order valence-electron chi connectivity index (χ2n) is 6.69. The topological polar surface area (TPSA) is 29.5 Å². The number of likely N-dealkylation sites (tertiary alicyclic amines) is 1. The Kier molecular flexibility index (Phi) is 6.30. The fourth-order valence-corrected chi connectivity index (χ4v) is 4.16. The Labute approximate surface area is 162 Å². The van der Waals surface area contributed by atoms with E-state index < -0.39 is 0 Å². The van der Waals surface area contributed by atoms with Crippen molar-refractivity contribution in [1.82, 2.24) is 4.90 Å². The number of ether oxygens (including phenoxy) is 1. The third-order valence-electron chi connectivity index (χ3n) is 4.90. The van der Waals surface area contributed by atoms with Crippen molar-refractivity contribution in [2.24, 2.45) is 0 Å². The molecule has 0 spiro atoms. The number of amides is 1. The van der Waals surface area contributed by atoms with Crippen LogP contribution in [0.1, 0.15) is 30.4 Å². The van der Waals surface area contributed by atoms with Crippen LogP contribution in [0.15, 0.2) is 46.9 Å². The molecule has 1 aliphatic heterocycles. The number of nitrogens with zero attached hydrogens (tertiary/aromatic N) is 1. The fourth-order valence-electron chi connectivity index (χ4n) is 3.57. The normalized spacial score (nSPS) is 16.7. The van der Waals surface area contributed by atoms with E-state index in [1.807, 2.05) is 29.2 Å². The van der Waals surface area contributed by atoms with Gasteiger partial charge >= 0.3 is 0 Å². The van der Waals surface area contributed by atoms with E-state index in [0.29, 0.717) is 12.8 Å². The zero-order valence-corrected chi connectivity index (χ0v) is 16.5. The Bertz CT molecular complexity index is 780. The number of aryl methyl sites for hydroxylation is 1. The standard InChI is InChI=1S/C21H23BrFNO2/c1-26-20-9-7-15(14-19(20)22)8-10-21(25)24-11-3-6-18(24)13-16-4-2-5-17(23)12-16/h2,4-5,7,9,12,14,18H,3,6,8,10-11,13H2,1H3. The Balaban J connectivity index is 1.59. The summed E-state index contributed by atoms with van der Waals surface area (Å²) in [7, 11) is 1.63. The van der Waals surface area contributed by atoms with Gasteiger partial charge < -0.3 is 9.64 Å². The molecule has 1 fully saturated rings. The summed E-state index contributed by atoms with van der Waals surface area (Å²) in [6.07, 6.45) is 3.90. The number of rotatable bonds is 6. The van der Waals surface area contributed by atoms with E-state index in [4.69, 9.17) is 4.74 Å². The van der Waals surface area contributed by atoms with E-state index in [0.717, 1.165) is 47.2 Å². The first-order chi connectivity index (χ1) is 12.6. The van der Waals surface area contributed by atoms with Gasteiger partial charge in [0.25, 0.3) is 0 Å². The predicted molar refractivity (Wildman–Crippen MR) is 104 cm³/mol. The molecule has 3 nitrogen and oxygen atoms in total. The number of hydrogen-bond donors (Lipinski definition) is 0. The molecule has 0 bridgehead atoms. The van der Waals surface area contributed by atoms with Crippen molar-refractivity contribution in [2.45, 2.75) is 38.1 Å². The summed E-state index contributed by atoms with van der Waals surface area (Å²) in [6, 6.07) is 12.8. The summed E-state index contributed by atoms with van der Waals surface area (Å²) < 4.78 is 19.5. The molecule has 0 radical (unpaired) electrons. The first-order valence-corrected chi connectivity index (χ1v) is 9.72. The number of carbonyl (C=O) groups is 1. The highest BCUT2D eigenvalue weighted by Crippen LogP contribution is 2.27. The molecule has 0 aliphatic carbocycles. The van der Waals surface area contributed by atoms with Gasteiger partial charge in [0.15, 0.2) is 0 Å². The zero-order chi connectivity index (χ0) is 18.5. The molecule has 2 aromatic carbocycles. The molecule has 138 valence electrons. The number of benzene rings is 2. The lowest BCUT2D eigenvalue weighted by molar-refractivity contribution is -0.131. The molecule has 1 aliphatic rings. The van der Waals surface area contributed by atoms with E-state index in [9.17, 15) is 9.18 Å². The Morgan fingerprint density at radius 2 is 2.12 bits per heavy atom. The van der Waals surface area contributed by atoms with Crippen LogP contribution in [0.4, 0.5) is 4.39 Å². The van der Waals surface area contributed by atoms with E-state index in [-0.39, 0.29) is 17.8 Å². The second kappa shape index (κ2) is 8.67. The van der Waals surface area contributed by atoms with Gasteiger partial charge in [0, 0.05) is 19.0 Å². The highest BCUT2D eigenvalue weighted by Gasteiger charge is 2.28. The first kappa shape index (κ1) is 18.9. The van der Waals surface area contributed by atoms with Gasteiger partial charge in [-0.3, -0.25) is 4.79 Å². The predicted octanol–water partition coefficient (Wildman–Crippen LogP) is 4.76. The van der Waals surface area contributed by atoms with Crippen molar-refractivity contribution >= 4 is 21.8 Å². The van der Waals surface area contributed by atoms with Gasteiger partial charge in [-0.2, -0.15) is 0 Å². The van der Waals surface area contributed by atoms with Gasteiger partial charge in [-0.05, 0) is 77.0 Å². The number of hydrogen-bond acceptors (Lipinski definition) is 2. The summed E-state index contributed by atoms with van der Waals surface area (Å²) in [6.45, 7) is 0.797. The summed E-state index contributed by atoms with van der Waals surface area (Å²) in [5, 5.41) is 0. The van der Waals surface area contributed by atoms with E-state index in [1.165, 1.54) is 6.07 Å². The van der Waals surface area contributed by atoms with E-state index in [1.54, 1.807) is 19.2 Å². The first-order valence-electron chi connectivity index (χ1n) is 8.93. The molecule has 2 aromatic rings. The molecular weight excluding hydrogens is 397 g/mol. The molecule has 0 aromatic heterocycles. The fraction of sp³-hybridized carbons (Fsp3) is 0.381. The third-order valence-corrected chi connectivity index (χ3v) is 5.52. The summed E-state index contributed by atoms with van der Waals surface area (Å²) >= 11 is 3.48. The highest BCUT2D eigenvalue weighted by molar-refractivity contribution is 9.10. The summed E-state index contributed by atoms with van der Waals surface area (Å²) in [5.41, 5.74) is 2.06. The molecule has 1 atom stereocenters. The van der Waals surface area contributed by atoms with Crippen LogP contribution < -0.4 is 4.74 Å². The average Bonchev–Trinajstić information content (AvgIpc) is 3.08. The summed E-state index contributed by atoms with van der Waals surface area (Å²) in [5.74, 6) is 0.745. The van der Waals surface area contributed by atoms with Crippen LogP contribution in [-0.2, 0) is 17.6 Å². The number of halogens is 2. The van der Waals surface area contributed by atoms with Crippen LogP contribution in [0, 0.1) is 5.82 Å². The number of carbonyl (C=O) groups excluding carboxylic acids is 1. The summed E-state index contributed by atoms with van der Waals surface area (Å²) in [4.78, 5) is 14.7. The van der Waals surface area contributed by atoms with Crippen molar-refractivity contribution in [3.8, 4) is 5.75 Å². The minimum atomic E-state index is -0.219. The maximum atomic E-state index is 13.4.